The average molecular weight is 338 g/mol. The van der Waals surface area contributed by atoms with E-state index in [1.165, 1.54) is 5.56 Å². The lowest BCUT2D eigenvalue weighted by molar-refractivity contribution is -0.123. The van der Waals surface area contributed by atoms with Gasteiger partial charge in [0.25, 0.3) is 5.91 Å². The predicted molar refractivity (Wildman–Crippen MR) is 97.2 cm³/mol. The molecule has 0 saturated heterocycles. The fourth-order valence-electron chi connectivity index (χ4n) is 2.92. The van der Waals surface area contributed by atoms with E-state index in [9.17, 15) is 4.79 Å². The number of nitrogens with one attached hydrogen (secondary N) is 1. The summed E-state index contributed by atoms with van der Waals surface area (Å²) >= 11 is 0. The molecule has 0 radical (unpaired) electrons. The van der Waals surface area contributed by atoms with Gasteiger partial charge in [0, 0.05) is 5.56 Å². The molecule has 1 aliphatic carbocycles. The Morgan fingerprint density at radius 1 is 1.04 bits per heavy atom. The Kier molecular flexibility index (Phi) is 5.67. The number of ether oxygens (including phenoxy) is 2. The number of para-hydroxylation sites is 2. The second kappa shape index (κ2) is 8.33. The Morgan fingerprint density at radius 2 is 1.76 bits per heavy atom. The van der Waals surface area contributed by atoms with Crippen LogP contribution in [-0.4, -0.2) is 25.3 Å². The molecule has 0 fully saturated rings. The summed E-state index contributed by atoms with van der Waals surface area (Å²) in [6.07, 6.45) is 4.13. The standard InChI is InChI=1S/C20H22N2O3/c1-24-18-12-6-7-13-19(18)25-14-20(23)22-21-17-11-5-3-9-15-8-2-4-10-16(15)17/h2,4,6-8,10,12-13H,3,5,9,11,14H2,1H3,(H,22,23)/b21-17+. The van der Waals surface area contributed by atoms with Crippen LogP contribution in [0, 0.1) is 0 Å². The third-order valence-corrected chi connectivity index (χ3v) is 4.18. The number of hydrogen-bond acceptors (Lipinski definition) is 4. The number of carbonyl (C=O) groups excluding carboxylic acids is 1. The number of rotatable bonds is 5. The summed E-state index contributed by atoms with van der Waals surface area (Å²) in [5.74, 6) is 0.840. The summed E-state index contributed by atoms with van der Waals surface area (Å²) in [6.45, 7) is -0.112. The number of methoxy groups -OCH3 is 1. The first-order valence-electron chi connectivity index (χ1n) is 8.47. The minimum atomic E-state index is -0.292. The lowest BCUT2D eigenvalue weighted by Crippen LogP contribution is -2.26. The molecule has 3 rings (SSSR count). The van der Waals surface area contributed by atoms with Crippen molar-refractivity contribution in [3.8, 4) is 11.5 Å². The molecule has 5 heteroatoms. The zero-order valence-corrected chi connectivity index (χ0v) is 14.3. The Labute approximate surface area is 147 Å². The molecule has 0 saturated carbocycles. The van der Waals surface area contributed by atoms with E-state index in [4.69, 9.17) is 9.47 Å². The molecule has 2 aromatic rings. The quantitative estimate of drug-likeness (QED) is 0.672. The molecule has 1 N–H and O–H groups in total. The molecular weight excluding hydrogens is 316 g/mol. The molecule has 2 aromatic carbocycles. The van der Waals surface area contributed by atoms with Crippen molar-refractivity contribution in [2.45, 2.75) is 25.7 Å². The highest BCUT2D eigenvalue weighted by molar-refractivity contribution is 6.02. The van der Waals surface area contributed by atoms with Crippen molar-refractivity contribution in [3.05, 3.63) is 59.7 Å². The van der Waals surface area contributed by atoms with Crippen molar-refractivity contribution in [3.63, 3.8) is 0 Å². The van der Waals surface area contributed by atoms with Gasteiger partial charge in [-0.15, -0.1) is 0 Å². The maximum absolute atomic E-state index is 12.1. The zero-order chi connectivity index (χ0) is 17.5. The van der Waals surface area contributed by atoms with E-state index in [1.807, 2.05) is 24.3 Å². The number of hydrazone groups is 1. The fraction of sp³-hybridized carbons (Fsp3) is 0.300. The summed E-state index contributed by atoms with van der Waals surface area (Å²) in [4.78, 5) is 12.1. The van der Waals surface area contributed by atoms with Crippen molar-refractivity contribution < 1.29 is 14.3 Å². The second-order valence-electron chi connectivity index (χ2n) is 5.90. The third kappa shape index (κ3) is 4.38. The van der Waals surface area contributed by atoms with Gasteiger partial charge in [-0.2, -0.15) is 5.10 Å². The van der Waals surface area contributed by atoms with Gasteiger partial charge in [-0.1, -0.05) is 36.4 Å². The molecule has 0 heterocycles. The van der Waals surface area contributed by atoms with Gasteiger partial charge in [0.15, 0.2) is 18.1 Å². The van der Waals surface area contributed by atoms with E-state index in [1.54, 1.807) is 19.2 Å². The smallest absolute Gasteiger partial charge is 0.277 e. The highest BCUT2D eigenvalue weighted by atomic mass is 16.5. The summed E-state index contributed by atoms with van der Waals surface area (Å²) in [6, 6.07) is 15.5. The number of hydrogen-bond donors (Lipinski definition) is 1. The van der Waals surface area contributed by atoms with Crippen LogP contribution in [-0.2, 0) is 11.2 Å². The minimum Gasteiger partial charge on any atom is -0.493 e. The van der Waals surface area contributed by atoms with E-state index in [0.29, 0.717) is 11.5 Å². The number of benzene rings is 2. The number of aryl methyl sites for hydroxylation is 1. The van der Waals surface area contributed by atoms with Gasteiger partial charge in [-0.05, 0) is 43.4 Å². The SMILES string of the molecule is COc1ccccc1OCC(=O)N/N=C1\CCCCc2ccccc21. The average Bonchev–Trinajstić information content (AvgIpc) is 2.87. The third-order valence-electron chi connectivity index (χ3n) is 4.18. The molecule has 0 atom stereocenters. The highest BCUT2D eigenvalue weighted by Crippen LogP contribution is 2.25. The lowest BCUT2D eigenvalue weighted by Gasteiger charge is -2.10. The fourth-order valence-corrected chi connectivity index (χ4v) is 2.92. The van der Waals surface area contributed by atoms with Gasteiger partial charge in [-0.25, -0.2) is 5.43 Å². The Balaban J connectivity index is 1.63. The second-order valence-corrected chi connectivity index (χ2v) is 5.90. The molecule has 0 spiro atoms. The van der Waals surface area contributed by atoms with Crippen LogP contribution in [0.3, 0.4) is 0 Å². The monoisotopic (exact) mass is 338 g/mol. The topological polar surface area (TPSA) is 59.9 Å². The lowest BCUT2D eigenvalue weighted by atomic mass is 10.0. The first-order chi connectivity index (χ1) is 12.3. The van der Waals surface area contributed by atoms with E-state index in [-0.39, 0.29) is 12.5 Å². The van der Waals surface area contributed by atoms with Gasteiger partial charge in [-0.3, -0.25) is 4.79 Å². The number of nitrogens with zero attached hydrogens (tertiary/aromatic N) is 1. The first-order valence-corrected chi connectivity index (χ1v) is 8.47. The number of carbonyl (C=O) groups is 1. The molecule has 25 heavy (non-hydrogen) atoms. The molecule has 0 aromatic heterocycles. The minimum absolute atomic E-state index is 0.112. The van der Waals surface area contributed by atoms with Crippen LogP contribution in [0.25, 0.3) is 0 Å². The van der Waals surface area contributed by atoms with Crippen LogP contribution >= 0.6 is 0 Å². The van der Waals surface area contributed by atoms with E-state index >= 15 is 0 Å². The van der Waals surface area contributed by atoms with E-state index in [2.05, 4.69) is 22.7 Å². The van der Waals surface area contributed by atoms with E-state index in [0.717, 1.165) is 37.0 Å². The van der Waals surface area contributed by atoms with Crippen LogP contribution in [0.2, 0.25) is 0 Å². The van der Waals surface area contributed by atoms with Crippen LogP contribution in [0.15, 0.2) is 53.6 Å². The van der Waals surface area contributed by atoms with Crippen LogP contribution in [0.1, 0.15) is 30.4 Å². The summed E-state index contributed by atoms with van der Waals surface area (Å²) in [5, 5.41) is 4.35. The Bertz CT molecular complexity index is 771. The molecule has 1 amide bonds. The highest BCUT2D eigenvalue weighted by Gasteiger charge is 2.14. The van der Waals surface area contributed by atoms with Crippen molar-refractivity contribution in [2.75, 3.05) is 13.7 Å². The van der Waals surface area contributed by atoms with Crippen LogP contribution in [0.5, 0.6) is 11.5 Å². The van der Waals surface area contributed by atoms with Gasteiger partial charge < -0.3 is 9.47 Å². The van der Waals surface area contributed by atoms with Crippen molar-refractivity contribution in [2.24, 2.45) is 5.10 Å². The predicted octanol–water partition coefficient (Wildman–Crippen LogP) is 3.32. The number of amides is 1. The molecule has 0 unspecified atom stereocenters. The largest absolute Gasteiger partial charge is 0.493 e. The summed E-state index contributed by atoms with van der Waals surface area (Å²) in [5.41, 5.74) is 5.96. The van der Waals surface area contributed by atoms with Gasteiger partial charge >= 0.3 is 0 Å². The van der Waals surface area contributed by atoms with E-state index < -0.39 is 0 Å². The Morgan fingerprint density at radius 3 is 2.60 bits per heavy atom. The van der Waals surface area contributed by atoms with Crippen LogP contribution < -0.4 is 14.9 Å². The molecular formula is C20H22N2O3. The molecule has 0 aliphatic heterocycles. The maximum Gasteiger partial charge on any atom is 0.277 e. The summed E-state index contributed by atoms with van der Waals surface area (Å²) in [7, 11) is 1.57. The van der Waals surface area contributed by atoms with Crippen molar-refractivity contribution >= 4 is 11.6 Å². The van der Waals surface area contributed by atoms with Crippen molar-refractivity contribution in [1.29, 1.82) is 0 Å². The van der Waals surface area contributed by atoms with Crippen molar-refractivity contribution in [1.82, 2.24) is 5.43 Å². The van der Waals surface area contributed by atoms with Gasteiger partial charge in [0.2, 0.25) is 0 Å². The number of fused-ring (bicyclic) bond motifs is 1. The van der Waals surface area contributed by atoms with Crippen LogP contribution in [0.4, 0.5) is 0 Å². The maximum atomic E-state index is 12.1. The molecule has 0 bridgehead atoms. The van der Waals surface area contributed by atoms with Gasteiger partial charge in [0.1, 0.15) is 0 Å². The molecule has 1 aliphatic rings. The normalized spacial score (nSPS) is 15.2. The zero-order valence-electron chi connectivity index (χ0n) is 14.3. The first kappa shape index (κ1) is 17.0. The Hall–Kier alpha value is -2.82. The summed E-state index contributed by atoms with van der Waals surface area (Å²) < 4.78 is 10.7. The molecule has 5 nitrogen and oxygen atoms in total. The molecule has 130 valence electrons. The van der Waals surface area contributed by atoms with Gasteiger partial charge in [0.05, 0.1) is 12.8 Å².